The maximum atomic E-state index is 12.7. The zero-order valence-electron chi connectivity index (χ0n) is 15.3. The molecule has 0 aliphatic carbocycles. The fraction of sp³-hybridized carbons (Fsp3) is 0.263. The van der Waals surface area contributed by atoms with Gasteiger partial charge in [-0.25, -0.2) is 13.8 Å². The number of hydrogen-bond acceptors (Lipinski definition) is 5. The molecule has 2 aromatic carbocycles. The van der Waals surface area contributed by atoms with Gasteiger partial charge in [-0.1, -0.05) is 34.1 Å². The van der Waals surface area contributed by atoms with Crippen LogP contribution in [-0.2, 0) is 14.8 Å². The lowest BCUT2D eigenvalue weighted by molar-refractivity contribution is 0.0730. The Morgan fingerprint density at radius 1 is 1.11 bits per heavy atom. The molecule has 148 valence electrons. The SMILES string of the molecule is C/C(=N/NC(=O)c1cccc(S(=O)(=O)N2CCOCC2)c1)c1ccc(Br)cc1. The van der Waals surface area contributed by atoms with Gasteiger partial charge < -0.3 is 4.74 Å². The third-order valence-electron chi connectivity index (χ3n) is 4.29. The highest BCUT2D eigenvalue weighted by molar-refractivity contribution is 9.10. The number of hydrogen-bond donors (Lipinski definition) is 1. The Labute approximate surface area is 172 Å². The number of morpholine rings is 1. The lowest BCUT2D eigenvalue weighted by atomic mass is 10.1. The van der Waals surface area contributed by atoms with Gasteiger partial charge in [0.15, 0.2) is 0 Å². The minimum absolute atomic E-state index is 0.0793. The van der Waals surface area contributed by atoms with Crippen molar-refractivity contribution < 1.29 is 17.9 Å². The van der Waals surface area contributed by atoms with Crippen LogP contribution in [0.5, 0.6) is 0 Å². The maximum Gasteiger partial charge on any atom is 0.271 e. The maximum absolute atomic E-state index is 12.7. The van der Waals surface area contributed by atoms with Gasteiger partial charge in [0, 0.05) is 23.1 Å². The molecule has 3 rings (SSSR count). The minimum atomic E-state index is -3.66. The first-order chi connectivity index (χ1) is 13.4. The van der Waals surface area contributed by atoms with Crippen LogP contribution in [0.1, 0.15) is 22.8 Å². The standard InChI is InChI=1S/C19H20BrN3O4S/c1-14(15-5-7-17(20)8-6-15)21-22-19(24)16-3-2-4-18(13-16)28(25,26)23-9-11-27-12-10-23/h2-8,13H,9-12H2,1H3,(H,22,24)/b21-14-. The summed E-state index contributed by atoms with van der Waals surface area (Å²) in [4.78, 5) is 12.5. The second kappa shape index (κ2) is 8.95. The first-order valence-corrected chi connectivity index (χ1v) is 10.9. The summed E-state index contributed by atoms with van der Waals surface area (Å²) < 4.78 is 33.0. The molecule has 1 N–H and O–H groups in total. The molecule has 1 fully saturated rings. The fourth-order valence-corrected chi connectivity index (χ4v) is 4.41. The number of sulfonamides is 1. The molecule has 2 aromatic rings. The second-order valence-corrected chi connectivity index (χ2v) is 9.04. The van der Waals surface area contributed by atoms with Crippen LogP contribution in [0, 0.1) is 0 Å². The summed E-state index contributed by atoms with van der Waals surface area (Å²) in [5.41, 5.74) is 4.21. The number of nitrogens with zero attached hydrogens (tertiary/aromatic N) is 2. The van der Waals surface area contributed by atoms with Gasteiger partial charge in [0.25, 0.3) is 5.91 Å². The van der Waals surface area contributed by atoms with Gasteiger partial charge in [-0.3, -0.25) is 4.79 Å². The van der Waals surface area contributed by atoms with Gasteiger partial charge in [-0.05, 0) is 42.8 Å². The smallest absolute Gasteiger partial charge is 0.271 e. The van der Waals surface area contributed by atoms with Crippen molar-refractivity contribution >= 4 is 37.6 Å². The van der Waals surface area contributed by atoms with E-state index in [0.29, 0.717) is 32.0 Å². The van der Waals surface area contributed by atoms with Crippen LogP contribution in [0.2, 0.25) is 0 Å². The highest BCUT2D eigenvalue weighted by atomic mass is 79.9. The summed E-state index contributed by atoms with van der Waals surface area (Å²) in [5, 5.41) is 4.11. The molecular weight excluding hydrogens is 446 g/mol. The summed E-state index contributed by atoms with van der Waals surface area (Å²) in [6.07, 6.45) is 0. The Morgan fingerprint density at radius 3 is 2.46 bits per heavy atom. The van der Waals surface area contributed by atoms with E-state index in [1.807, 2.05) is 24.3 Å². The van der Waals surface area contributed by atoms with Crippen molar-refractivity contribution in [3.8, 4) is 0 Å². The van der Waals surface area contributed by atoms with Crippen LogP contribution in [0.15, 0.2) is 63.0 Å². The number of halogens is 1. The van der Waals surface area contributed by atoms with Gasteiger partial charge in [0.1, 0.15) is 0 Å². The lowest BCUT2D eigenvalue weighted by Gasteiger charge is -2.26. The quantitative estimate of drug-likeness (QED) is 0.542. The predicted octanol–water partition coefficient (Wildman–Crippen LogP) is 2.62. The molecule has 1 aliphatic heterocycles. The molecule has 0 spiro atoms. The number of hydrazone groups is 1. The number of benzene rings is 2. The van der Waals surface area contributed by atoms with Gasteiger partial charge in [-0.2, -0.15) is 9.41 Å². The second-order valence-electron chi connectivity index (χ2n) is 6.19. The van der Waals surface area contributed by atoms with Crippen LogP contribution < -0.4 is 5.43 Å². The molecule has 0 bridgehead atoms. The molecule has 0 aromatic heterocycles. The molecule has 9 heteroatoms. The number of nitrogens with one attached hydrogen (secondary N) is 1. The van der Waals surface area contributed by atoms with Gasteiger partial charge in [-0.15, -0.1) is 0 Å². The number of amides is 1. The Morgan fingerprint density at radius 2 is 1.79 bits per heavy atom. The van der Waals surface area contributed by atoms with Crippen LogP contribution in [0.3, 0.4) is 0 Å². The number of rotatable bonds is 5. The molecule has 0 saturated carbocycles. The van der Waals surface area contributed by atoms with Crippen molar-refractivity contribution in [3.63, 3.8) is 0 Å². The highest BCUT2D eigenvalue weighted by Gasteiger charge is 2.26. The van der Waals surface area contributed by atoms with Crippen molar-refractivity contribution in [1.29, 1.82) is 0 Å². The van der Waals surface area contributed by atoms with Crippen LogP contribution in [0.4, 0.5) is 0 Å². The van der Waals surface area contributed by atoms with Gasteiger partial charge in [0.2, 0.25) is 10.0 Å². The molecule has 7 nitrogen and oxygen atoms in total. The summed E-state index contributed by atoms with van der Waals surface area (Å²) in [6, 6.07) is 13.5. The summed E-state index contributed by atoms with van der Waals surface area (Å²) in [7, 11) is -3.66. The van der Waals surface area contributed by atoms with Crippen LogP contribution >= 0.6 is 15.9 Å². The van der Waals surface area contributed by atoms with Crippen molar-refractivity contribution in [1.82, 2.24) is 9.73 Å². The molecule has 28 heavy (non-hydrogen) atoms. The van der Waals surface area contributed by atoms with E-state index in [9.17, 15) is 13.2 Å². The average Bonchev–Trinajstić information content (AvgIpc) is 2.73. The van der Waals surface area contributed by atoms with E-state index in [-0.39, 0.29) is 10.5 Å². The van der Waals surface area contributed by atoms with E-state index in [4.69, 9.17) is 4.74 Å². The fourth-order valence-electron chi connectivity index (χ4n) is 2.69. The molecule has 1 amide bonds. The summed E-state index contributed by atoms with van der Waals surface area (Å²) >= 11 is 3.37. The first-order valence-electron chi connectivity index (χ1n) is 8.66. The first kappa shape index (κ1) is 20.7. The van der Waals surface area contributed by atoms with E-state index in [1.54, 1.807) is 19.1 Å². The monoisotopic (exact) mass is 465 g/mol. The van der Waals surface area contributed by atoms with E-state index in [0.717, 1.165) is 10.0 Å². The zero-order chi connectivity index (χ0) is 20.1. The molecule has 0 unspecified atom stereocenters. The van der Waals surface area contributed by atoms with Crippen LogP contribution in [0.25, 0.3) is 0 Å². The Bertz CT molecular complexity index is 984. The zero-order valence-corrected chi connectivity index (χ0v) is 17.7. The summed E-state index contributed by atoms with van der Waals surface area (Å²) in [5.74, 6) is -0.476. The van der Waals surface area contributed by atoms with E-state index < -0.39 is 15.9 Å². The molecule has 0 radical (unpaired) electrons. The Balaban J connectivity index is 1.75. The van der Waals surface area contributed by atoms with Crippen LogP contribution in [-0.4, -0.2) is 50.6 Å². The minimum Gasteiger partial charge on any atom is -0.379 e. The van der Waals surface area contributed by atoms with Crippen molar-refractivity contribution in [2.75, 3.05) is 26.3 Å². The number of ether oxygens (including phenoxy) is 1. The Kier molecular flexibility index (Phi) is 6.61. The lowest BCUT2D eigenvalue weighted by Crippen LogP contribution is -2.40. The third-order valence-corrected chi connectivity index (χ3v) is 6.71. The molecule has 1 aliphatic rings. The molecule has 0 atom stereocenters. The topological polar surface area (TPSA) is 88.1 Å². The van der Waals surface area contributed by atoms with E-state index >= 15 is 0 Å². The van der Waals surface area contributed by atoms with E-state index in [1.165, 1.54) is 16.4 Å². The van der Waals surface area contributed by atoms with Gasteiger partial charge in [0.05, 0.1) is 23.8 Å². The largest absolute Gasteiger partial charge is 0.379 e. The number of carbonyl (C=O) groups excluding carboxylic acids is 1. The average molecular weight is 466 g/mol. The predicted molar refractivity (Wildman–Crippen MR) is 110 cm³/mol. The summed E-state index contributed by atoms with van der Waals surface area (Å²) in [6.45, 7) is 3.11. The number of carbonyl (C=O) groups is 1. The van der Waals surface area contributed by atoms with Crippen molar-refractivity contribution in [3.05, 3.63) is 64.1 Å². The third kappa shape index (κ3) is 4.85. The molecule has 1 saturated heterocycles. The normalized spacial score (nSPS) is 16.0. The van der Waals surface area contributed by atoms with Crippen molar-refractivity contribution in [2.24, 2.45) is 5.10 Å². The molecular formula is C19H20BrN3O4S. The molecule has 1 heterocycles. The highest BCUT2D eigenvalue weighted by Crippen LogP contribution is 2.18. The van der Waals surface area contributed by atoms with Crippen molar-refractivity contribution in [2.45, 2.75) is 11.8 Å². The Hall–Kier alpha value is -2.07. The van der Waals surface area contributed by atoms with E-state index in [2.05, 4.69) is 26.5 Å². The van der Waals surface area contributed by atoms with Gasteiger partial charge >= 0.3 is 0 Å².